The smallest absolute Gasteiger partial charge is 0.251 e. The van der Waals surface area contributed by atoms with Crippen LogP contribution in [0.25, 0.3) is 6.08 Å². The predicted molar refractivity (Wildman–Crippen MR) is 133 cm³/mol. The maximum Gasteiger partial charge on any atom is 0.251 e. The van der Waals surface area contributed by atoms with Gasteiger partial charge < -0.3 is 15.5 Å². The fourth-order valence-electron chi connectivity index (χ4n) is 4.83. The zero-order valence-electron chi connectivity index (χ0n) is 19.8. The number of benzene rings is 2. The molecule has 7 heteroatoms. The maximum absolute atomic E-state index is 13.2. The van der Waals surface area contributed by atoms with Crippen LogP contribution in [-0.2, 0) is 9.59 Å². The molecule has 3 amide bonds. The van der Waals surface area contributed by atoms with E-state index in [0.717, 1.165) is 31.2 Å². The predicted octanol–water partition coefficient (Wildman–Crippen LogP) is 3.93. The van der Waals surface area contributed by atoms with Crippen LogP contribution < -0.4 is 10.6 Å². The van der Waals surface area contributed by atoms with E-state index in [1.165, 1.54) is 24.3 Å². The number of likely N-dealkylation sites (tertiary alicyclic amines) is 1. The third kappa shape index (κ3) is 6.78. The van der Waals surface area contributed by atoms with Crippen molar-refractivity contribution in [1.82, 2.24) is 15.5 Å². The van der Waals surface area contributed by atoms with Gasteiger partial charge in [0.05, 0.1) is 0 Å². The topological polar surface area (TPSA) is 78.5 Å². The molecule has 2 aromatic carbocycles. The monoisotopic (exact) mass is 477 g/mol. The summed E-state index contributed by atoms with van der Waals surface area (Å²) in [6, 6.07) is 14.9. The zero-order valence-corrected chi connectivity index (χ0v) is 19.8. The standard InChI is InChI=1S/C28H32FN3O3/c29-23-13-11-21(12-14-23)27(34)30-24-8-4-5-9-25(24)31-28(35)22-16-18-32(19-17-22)26(33)15-10-20-6-2-1-3-7-20/h1-3,6-7,10-15,22,24-25H,4-5,8-9,16-19H2,(H,30,34)(H,31,35)/b15-10+/t24-,25?/m1/s1. The van der Waals surface area contributed by atoms with Gasteiger partial charge in [0.1, 0.15) is 5.82 Å². The summed E-state index contributed by atoms with van der Waals surface area (Å²) in [6.45, 7) is 1.09. The van der Waals surface area contributed by atoms with Gasteiger partial charge in [-0.05, 0) is 61.6 Å². The third-order valence-electron chi connectivity index (χ3n) is 6.91. The summed E-state index contributed by atoms with van der Waals surface area (Å²) in [6.07, 6.45) is 8.22. The number of amides is 3. The van der Waals surface area contributed by atoms with E-state index in [1.54, 1.807) is 11.0 Å². The molecule has 0 spiro atoms. The van der Waals surface area contributed by atoms with E-state index in [0.29, 0.717) is 31.5 Å². The number of carbonyl (C=O) groups excluding carboxylic acids is 3. The second kappa shape index (κ2) is 11.8. The molecule has 1 unspecified atom stereocenters. The van der Waals surface area contributed by atoms with Gasteiger partial charge in [0.25, 0.3) is 5.91 Å². The normalized spacial score (nSPS) is 21.0. The summed E-state index contributed by atoms with van der Waals surface area (Å²) >= 11 is 0. The Morgan fingerprint density at radius 2 is 1.46 bits per heavy atom. The average Bonchev–Trinajstić information content (AvgIpc) is 2.89. The van der Waals surface area contributed by atoms with Crippen LogP contribution in [0, 0.1) is 11.7 Å². The molecule has 1 heterocycles. The summed E-state index contributed by atoms with van der Waals surface area (Å²) in [5, 5.41) is 6.19. The number of rotatable bonds is 6. The molecule has 184 valence electrons. The van der Waals surface area contributed by atoms with Crippen LogP contribution in [0.2, 0.25) is 0 Å². The minimum atomic E-state index is -0.385. The number of nitrogens with one attached hydrogen (secondary N) is 2. The number of halogens is 1. The van der Waals surface area contributed by atoms with E-state index in [2.05, 4.69) is 10.6 Å². The van der Waals surface area contributed by atoms with Crippen LogP contribution in [-0.4, -0.2) is 47.8 Å². The molecule has 2 aromatic rings. The highest BCUT2D eigenvalue weighted by Crippen LogP contribution is 2.22. The van der Waals surface area contributed by atoms with Crippen molar-refractivity contribution in [2.24, 2.45) is 5.92 Å². The lowest BCUT2D eigenvalue weighted by atomic mass is 9.88. The Morgan fingerprint density at radius 1 is 0.829 bits per heavy atom. The first-order valence-corrected chi connectivity index (χ1v) is 12.4. The highest BCUT2D eigenvalue weighted by molar-refractivity contribution is 5.94. The van der Waals surface area contributed by atoms with Crippen LogP contribution in [0.15, 0.2) is 60.7 Å². The number of carbonyl (C=O) groups is 3. The Kier molecular flexibility index (Phi) is 8.29. The summed E-state index contributed by atoms with van der Waals surface area (Å²) in [7, 11) is 0. The van der Waals surface area contributed by atoms with Crippen LogP contribution in [0.1, 0.15) is 54.4 Å². The molecule has 1 saturated carbocycles. The van der Waals surface area contributed by atoms with Crippen LogP contribution in [0.4, 0.5) is 4.39 Å². The Balaban J connectivity index is 1.27. The lowest BCUT2D eigenvalue weighted by Crippen LogP contribution is -2.55. The maximum atomic E-state index is 13.2. The highest BCUT2D eigenvalue weighted by Gasteiger charge is 2.32. The van der Waals surface area contributed by atoms with Gasteiger partial charge >= 0.3 is 0 Å². The van der Waals surface area contributed by atoms with Gasteiger partial charge in [-0.15, -0.1) is 0 Å². The molecule has 0 aromatic heterocycles. The molecular formula is C28H32FN3O3. The van der Waals surface area contributed by atoms with Crippen molar-refractivity contribution in [1.29, 1.82) is 0 Å². The zero-order chi connectivity index (χ0) is 24.6. The lowest BCUT2D eigenvalue weighted by molar-refractivity contribution is -0.132. The minimum Gasteiger partial charge on any atom is -0.351 e. The first-order chi connectivity index (χ1) is 17.0. The van der Waals surface area contributed by atoms with E-state index in [4.69, 9.17) is 0 Å². The molecule has 1 aliphatic heterocycles. The van der Waals surface area contributed by atoms with Crippen LogP contribution >= 0.6 is 0 Å². The SMILES string of the molecule is O=C(N[C@@H]1CCCCC1NC(=O)C1CCN(C(=O)/C=C/c2ccccc2)CC1)c1ccc(F)cc1. The van der Waals surface area contributed by atoms with Gasteiger partial charge in [-0.2, -0.15) is 0 Å². The van der Waals surface area contributed by atoms with E-state index < -0.39 is 0 Å². The van der Waals surface area contributed by atoms with Crippen molar-refractivity contribution in [3.05, 3.63) is 77.6 Å². The molecule has 1 saturated heterocycles. The van der Waals surface area contributed by atoms with E-state index >= 15 is 0 Å². The quantitative estimate of drug-likeness (QED) is 0.619. The van der Waals surface area contributed by atoms with E-state index in [1.807, 2.05) is 36.4 Å². The third-order valence-corrected chi connectivity index (χ3v) is 6.91. The van der Waals surface area contributed by atoms with Crippen molar-refractivity contribution in [3.63, 3.8) is 0 Å². The number of nitrogens with zero attached hydrogens (tertiary/aromatic N) is 1. The molecule has 2 atom stereocenters. The molecule has 35 heavy (non-hydrogen) atoms. The van der Waals surface area contributed by atoms with Crippen molar-refractivity contribution in [3.8, 4) is 0 Å². The largest absolute Gasteiger partial charge is 0.351 e. The van der Waals surface area contributed by atoms with Crippen LogP contribution in [0.3, 0.4) is 0 Å². The summed E-state index contributed by atoms with van der Waals surface area (Å²) in [5.41, 5.74) is 1.38. The van der Waals surface area contributed by atoms with Crippen molar-refractivity contribution in [2.75, 3.05) is 13.1 Å². The molecule has 2 fully saturated rings. The average molecular weight is 478 g/mol. The lowest BCUT2D eigenvalue weighted by Gasteiger charge is -2.35. The van der Waals surface area contributed by atoms with Crippen LogP contribution in [0.5, 0.6) is 0 Å². The highest BCUT2D eigenvalue weighted by atomic mass is 19.1. The number of hydrogen-bond acceptors (Lipinski definition) is 3. The molecule has 1 aliphatic carbocycles. The van der Waals surface area contributed by atoms with Crippen molar-refractivity contribution in [2.45, 2.75) is 50.6 Å². The Morgan fingerprint density at radius 3 is 2.11 bits per heavy atom. The molecule has 6 nitrogen and oxygen atoms in total. The molecule has 0 bridgehead atoms. The van der Waals surface area contributed by atoms with Crippen molar-refractivity contribution < 1.29 is 18.8 Å². The van der Waals surface area contributed by atoms with Gasteiger partial charge in [-0.1, -0.05) is 43.2 Å². The number of piperidine rings is 1. The Bertz CT molecular complexity index is 1050. The second-order valence-electron chi connectivity index (χ2n) is 9.33. The molecule has 0 radical (unpaired) electrons. The first-order valence-electron chi connectivity index (χ1n) is 12.4. The molecule has 2 aliphatic rings. The fraction of sp³-hybridized carbons (Fsp3) is 0.393. The number of hydrogen-bond donors (Lipinski definition) is 2. The van der Waals surface area contributed by atoms with Gasteiger partial charge in [0.15, 0.2) is 0 Å². The van der Waals surface area contributed by atoms with Gasteiger partial charge in [0.2, 0.25) is 11.8 Å². The first kappa shape index (κ1) is 24.6. The van der Waals surface area contributed by atoms with Crippen molar-refractivity contribution >= 4 is 23.8 Å². The molecule has 4 rings (SSSR count). The summed E-state index contributed by atoms with van der Waals surface area (Å²) < 4.78 is 13.2. The summed E-state index contributed by atoms with van der Waals surface area (Å²) in [5.74, 6) is -0.836. The summed E-state index contributed by atoms with van der Waals surface area (Å²) in [4.78, 5) is 39.9. The second-order valence-corrected chi connectivity index (χ2v) is 9.33. The van der Waals surface area contributed by atoms with Gasteiger partial charge in [0, 0.05) is 42.7 Å². The minimum absolute atomic E-state index is 0.00939. The Hall–Kier alpha value is -3.48. The van der Waals surface area contributed by atoms with E-state index in [-0.39, 0.29) is 41.5 Å². The van der Waals surface area contributed by atoms with Gasteiger partial charge in [-0.3, -0.25) is 14.4 Å². The molecular weight excluding hydrogens is 445 g/mol. The fourth-order valence-corrected chi connectivity index (χ4v) is 4.83. The molecule has 2 N–H and O–H groups in total. The van der Waals surface area contributed by atoms with Gasteiger partial charge in [-0.25, -0.2) is 4.39 Å². The van der Waals surface area contributed by atoms with E-state index in [9.17, 15) is 18.8 Å². The Labute approximate surface area is 205 Å².